The van der Waals surface area contributed by atoms with Crippen LogP contribution in [0, 0.1) is 0 Å². The number of rotatable bonds is 10. The van der Waals surface area contributed by atoms with Gasteiger partial charge < -0.3 is 14.4 Å². The molecule has 6 aromatic rings. The third-order valence-corrected chi connectivity index (χ3v) is 6.95. The van der Waals surface area contributed by atoms with Crippen LogP contribution in [-0.2, 0) is 0 Å². The standard InChI is InChI=1S/C37H32N4O2/c1-3-42-36-17-7-5-15-34(36)41(35-16-6-8-18-37(35)43-4-2)29-21-19-27(20-22-29)28-25-32(30-13-9-11-23-38-30)40-33(26-28)31-14-10-12-24-39-31/h5-26H,3-4H2,1-2H3. The van der Waals surface area contributed by atoms with Gasteiger partial charge in [-0.05, 0) is 97.8 Å². The molecule has 6 heteroatoms. The summed E-state index contributed by atoms with van der Waals surface area (Å²) >= 11 is 0. The van der Waals surface area contributed by atoms with Crippen molar-refractivity contribution in [3.63, 3.8) is 0 Å². The van der Waals surface area contributed by atoms with Gasteiger partial charge in [0.25, 0.3) is 0 Å². The van der Waals surface area contributed by atoms with E-state index in [0.29, 0.717) is 13.2 Å². The third kappa shape index (κ3) is 6.09. The Hall–Kier alpha value is -5.49. The van der Waals surface area contributed by atoms with E-state index in [-0.39, 0.29) is 0 Å². The van der Waals surface area contributed by atoms with Crippen LogP contribution in [0.2, 0.25) is 0 Å². The molecule has 0 bridgehead atoms. The molecule has 212 valence electrons. The first kappa shape index (κ1) is 27.7. The quantitative estimate of drug-likeness (QED) is 0.165. The summed E-state index contributed by atoms with van der Waals surface area (Å²) in [5.74, 6) is 1.60. The molecule has 0 saturated heterocycles. The van der Waals surface area contributed by atoms with Crippen molar-refractivity contribution in [2.45, 2.75) is 13.8 Å². The average molecular weight is 565 g/mol. The Kier molecular flexibility index (Phi) is 8.36. The third-order valence-electron chi connectivity index (χ3n) is 6.95. The van der Waals surface area contributed by atoms with Crippen LogP contribution in [0.1, 0.15) is 13.8 Å². The van der Waals surface area contributed by atoms with Crippen molar-refractivity contribution in [1.82, 2.24) is 15.0 Å². The van der Waals surface area contributed by atoms with Crippen molar-refractivity contribution in [2.75, 3.05) is 18.1 Å². The summed E-state index contributed by atoms with van der Waals surface area (Å²) in [6.07, 6.45) is 3.57. The molecule has 3 aromatic carbocycles. The van der Waals surface area contributed by atoms with Crippen molar-refractivity contribution in [1.29, 1.82) is 0 Å². The van der Waals surface area contributed by atoms with Gasteiger partial charge in [0, 0.05) is 18.1 Å². The number of pyridine rings is 3. The Labute approximate surface area is 252 Å². The summed E-state index contributed by atoms with van der Waals surface area (Å²) in [6, 6.07) is 40.6. The van der Waals surface area contributed by atoms with Crippen LogP contribution in [0.3, 0.4) is 0 Å². The number of hydrogen-bond acceptors (Lipinski definition) is 6. The maximum absolute atomic E-state index is 6.06. The molecule has 6 rings (SSSR count). The molecule has 0 aliphatic rings. The zero-order valence-corrected chi connectivity index (χ0v) is 24.2. The van der Waals surface area contributed by atoms with E-state index in [2.05, 4.69) is 63.4 Å². The van der Waals surface area contributed by atoms with Crippen LogP contribution in [0.4, 0.5) is 17.1 Å². The molecular formula is C37H32N4O2. The van der Waals surface area contributed by atoms with Gasteiger partial charge in [-0.1, -0.05) is 48.5 Å². The lowest BCUT2D eigenvalue weighted by Crippen LogP contribution is -2.13. The second kappa shape index (κ2) is 13.0. The van der Waals surface area contributed by atoms with Crippen LogP contribution < -0.4 is 14.4 Å². The van der Waals surface area contributed by atoms with Gasteiger partial charge in [0.05, 0.1) is 47.4 Å². The maximum atomic E-state index is 6.06. The highest BCUT2D eigenvalue weighted by molar-refractivity contribution is 5.84. The van der Waals surface area contributed by atoms with Gasteiger partial charge in [-0.2, -0.15) is 0 Å². The summed E-state index contributed by atoms with van der Waals surface area (Å²) in [6.45, 7) is 5.13. The summed E-state index contributed by atoms with van der Waals surface area (Å²) < 4.78 is 12.1. The van der Waals surface area contributed by atoms with Crippen molar-refractivity contribution in [3.8, 4) is 45.4 Å². The predicted molar refractivity (Wildman–Crippen MR) is 173 cm³/mol. The highest BCUT2D eigenvalue weighted by atomic mass is 16.5. The molecule has 3 heterocycles. The smallest absolute Gasteiger partial charge is 0.143 e. The second-order valence-electron chi connectivity index (χ2n) is 9.74. The fourth-order valence-corrected chi connectivity index (χ4v) is 5.04. The molecule has 0 spiro atoms. The molecule has 0 unspecified atom stereocenters. The highest BCUT2D eigenvalue weighted by Crippen LogP contribution is 2.44. The van der Waals surface area contributed by atoms with Crippen molar-refractivity contribution >= 4 is 17.1 Å². The minimum Gasteiger partial charge on any atom is -0.492 e. The largest absolute Gasteiger partial charge is 0.492 e. The van der Waals surface area contributed by atoms with Crippen LogP contribution in [0.25, 0.3) is 33.9 Å². The highest BCUT2D eigenvalue weighted by Gasteiger charge is 2.20. The summed E-state index contributed by atoms with van der Waals surface area (Å²) in [7, 11) is 0. The molecule has 0 aliphatic carbocycles. The first-order valence-corrected chi connectivity index (χ1v) is 14.4. The molecule has 6 nitrogen and oxygen atoms in total. The van der Waals surface area contributed by atoms with E-state index in [0.717, 1.165) is 62.5 Å². The molecule has 3 aromatic heterocycles. The average Bonchev–Trinajstić information content (AvgIpc) is 3.07. The lowest BCUT2D eigenvalue weighted by molar-refractivity contribution is 0.339. The number of hydrogen-bond donors (Lipinski definition) is 0. The minimum atomic E-state index is 0.566. The van der Waals surface area contributed by atoms with E-state index < -0.39 is 0 Å². The number of anilines is 3. The monoisotopic (exact) mass is 564 g/mol. The Morgan fingerprint density at radius 2 is 1.00 bits per heavy atom. The number of para-hydroxylation sites is 4. The maximum Gasteiger partial charge on any atom is 0.143 e. The van der Waals surface area contributed by atoms with Gasteiger partial charge in [0.1, 0.15) is 11.5 Å². The van der Waals surface area contributed by atoms with Gasteiger partial charge in [0.2, 0.25) is 0 Å². The van der Waals surface area contributed by atoms with Gasteiger partial charge in [-0.15, -0.1) is 0 Å². The van der Waals surface area contributed by atoms with E-state index in [1.165, 1.54) is 0 Å². The zero-order chi connectivity index (χ0) is 29.4. The SMILES string of the molecule is CCOc1ccccc1N(c1ccc(-c2cc(-c3ccccn3)nc(-c3ccccn3)c2)cc1)c1ccccc1OCC. The minimum absolute atomic E-state index is 0.566. The fraction of sp³-hybridized carbons (Fsp3) is 0.108. The van der Waals surface area contributed by atoms with Gasteiger partial charge in [0.15, 0.2) is 0 Å². The molecule has 43 heavy (non-hydrogen) atoms. The van der Waals surface area contributed by atoms with E-state index in [1.807, 2.05) is 86.6 Å². The van der Waals surface area contributed by atoms with E-state index in [1.54, 1.807) is 12.4 Å². The van der Waals surface area contributed by atoms with Crippen molar-refractivity contribution < 1.29 is 9.47 Å². The Morgan fingerprint density at radius 1 is 0.512 bits per heavy atom. The molecular weight excluding hydrogens is 532 g/mol. The van der Waals surface area contributed by atoms with Crippen LogP contribution >= 0.6 is 0 Å². The molecule has 0 amide bonds. The van der Waals surface area contributed by atoms with Crippen LogP contribution in [-0.4, -0.2) is 28.2 Å². The first-order valence-electron chi connectivity index (χ1n) is 14.4. The Morgan fingerprint density at radius 3 is 1.47 bits per heavy atom. The summed E-state index contributed by atoms with van der Waals surface area (Å²) in [5.41, 5.74) is 8.13. The van der Waals surface area contributed by atoms with Crippen LogP contribution in [0.15, 0.2) is 134 Å². The second-order valence-corrected chi connectivity index (χ2v) is 9.74. The molecule has 0 saturated carbocycles. The van der Waals surface area contributed by atoms with Crippen LogP contribution in [0.5, 0.6) is 11.5 Å². The summed E-state index contributed by atoms with van der Waals surface area (Å²) in [5, 5.41) is 0. The fourth-order valence-electron chi connectivity index (χ4n) is 5.04. The first-order chi connectivity index (χ1) is 21.2. The molecule has 0 radical (unpaired) electrons. The van der Waals surface area contributed by atoms with Crippen molar-refractivity contribution in [3.05, 3.63) is 134 Å². The topological polar surface area (TPSA) is 60.4 Å². The van der Waals surface area contributed by atoms with Gasteiger partial charge >= 0.3 is 0 Å². The number of aromatic nitrogens is 3. The number of benzene rings is 3. The lowest BCUT2D eigenvalue weighted by atomic mass is 10.0. The zero-order valence-electron chi connectivity index (χ0n) is 24.2. The molecule has 0 N–H and O–H groups in total. The lowest BCUT2D eigenvalue weighted by Gasteiger charge is -2.29. The van der Waals surface area contributed by atoms with Gasteiger partial charge in [-0.3, -0.25) is 9.97 Å². The normalized spacial score (nSPS) is 10.7. The molecule has 0 aliphatic heterocycles. The van der Waals surface area contributed by atoms with Gasteiger partial charge in [-0.25, -0.2) is 4.98 Å². The van der Waals surface area contributed by atoms with E-state index in [9.17, 15) is 0 Å². The number of ether oxygens (including phenoxy) is 2. The van der Waals surface area contributed by atoms with E-state index in [4.69, 9.17) is 14.5 Å². The molecule has 0 atom stereocenters. The summed E-state index contributed by atoms with van der Waals surface area (Å²) in [4.78, 5) is 16.2. The molecule has 0 fully saturated rings. The van der Waals surface area contributed by atoms with Crippen molar-refractivity contribution in [2.24, 2.45) is 0 Å². The predicted octanol–water partition coefficient (Wildman–Crippen LogP) is 9.14. The Bertz CT molecular complexity index is 1680. The number of nitrogens with zero attached hydrogens (tertiary/aromatic N) is 4. The Balaban J connectivity index is 1.46. The van der Waals surface area contributed by atoms with E-state index >= 15 is 0 Å².